The Labute approximate surface area is 160 Å². The maximum absolute atomic E-state index is 8.71. The molecule has 0 aliphatic carbocycles. The van der Waals surface area contributed by atoms with E-state index < -0.39 is 0 Å². The highest BCUT2D eigenvalue weighted by Crippen LogP contribution is 2.14. The average Bonchev–Trinajstić information content (AvgIpc) is 2.58. The van der Waals surface area contributed by atoms with Gasteiger partial charge in [0.1, 0.15) is 0 Å². The van der Waals surface area contributed by atoms with Crippen molar-refractivity contribution in [3.05, 3.63) is 35.4 Å². The van der Waals surface area contributed by atoms with Gasteiger partial charge in [-0.25, -0.2) is 0 Å². The number of aliphatic hydroxyl groups excluding tert-OH is 1. The summed E-state index contributed by atoms with van der Waals surface area (Å²) >= 11 is 1.87. The number of hydrogen-bond acceptors (Lipinski definition) is 2. The van der Waals surface area contributed by atoms with Gasteiger partial charge in [0, 0.05) is 16.7 Å². The molecule has 0 atom stereocenters. The van der Waals surface area contributed by atoms with Gasteiger partial charge in [-0.15, -0.1) is 0 Å². The first kappa shape index (κ1) is 22.1. The normalized spacial score (nSPS) is 11.2. The lowest BCUT2D eigenvalue weighted by Crippen LogP contribution is -1.99. The SMILES string of the molecule is CC(C)(C)C#Cc1ccc(CCCCCCCCCSCCO)cc1. The standard InChI is InChI=1S/C23H36OS/c1-23(2,3)17-16-22-14-12-21(13-15-22)11-9-7-5-4-6-8-10-19-25-20-18-24/h12-15,24H,4-11,18-20H2,1-3H3. The van der Waals surface area contributed by atoms with Crippen molar-refractivity contribution in [2.75, 3.05) is 18.1 Å². The quantitative estimate of drug-likeness (QED) is 0.360. The lowest BCUT2D eigenvalue weighted by atomic mass is 9.97. The van der Waals surface area contributed by atoms with E-state index in [1.165, 1.54) is 62.7 Å². The lowest BCUT2D eigenvalue weighted by molar-refractivity contribution is 0.322. The summed E-state index contributed by atoms with van der Waals surface area (Å²) in [6.07, 6.45) is 10.5. The Morgan fingerprint density at radius 2 is 1.44 bits per heavy atom. The van der Waals surface area contributed by atoms with Crippen molar-refractivity contribution in [1.82, 2.24) is 0 Å². The molecule has 1 aromatic rings. The predicted molar refractivity (Wildman–Crippen MR) is 113 cm³/mol. The number of rotatable bonds is 12. The zero-order chi connectivity index (χ0) is 18.4. The van der Waals surface area contributed by atoms with Crippen molar-refractivity contribution < 1.29 is 5.11 Å². The summed E-state index contributed by atoms with van der Waals surface area (Å²) in [5.41, 5.74) is 2.62. The molecule has 0 saturated carbocycles. The molecule has 0 aromatic heterocycles. The largest absolute Gasteiger partial charge is 0.396 e. The molecule has 0 bridgehead atoms. The maximum Gasteiger partial charge on any atom is 0.0521 e. The second-order valence-corrected chi connectivity index (χ2v) is 8.98. The van der Waals surface area contributed by atoms with E-state index in [0.29, 0.717) is 6.61 Å². The van der Waals surface area contributed by atoms with Gasteiger partial charge in [-0.1, -0.05) is 56.1 Å². The molecule has 0 unspecified atom stereocenters. The number of hydrogen-bond donors (Lipinski definition) is 1. The van der Waals surface area contributed by atoms with E-state index in [2.05, 4.69) is 56.9 Å². The van der Waals surface area contributed by atoms with E-state index in [0.717, 1.165) is 11.3 Å². The molecule has 0 aliphatic rings. The monoisotopic (exact) mass is 360 g/mol. The minimum absolute atomic E-state index is 0.0664. The Balaban J connectivity index is 2.06. The topological polar surface area (TPSA) is 20.2 Å². The van der Waals surface area contributed by atoms with Crippen molar-refractivity contribution in [3.63, 3.8) is 0 Å². The van der Waals surface area contributed by atoms with Crippen molar-refractivity contribution in [3.8, 4) is 11.8 Å². The van der Waals surface area contributed by atoms with Crippen LogP contribution in [0.15, 0.2) is 24.3 Å². The van der Waals surface area contributed by atoms with Crippen LogP contribution < -0.4 is 0 Å². The zero-order valence-corrected chi connectivity index (χ0v) is 17.3. The Kier molecular flexibility index (Phi) is 11.8. The van der Waals surface area contributed by atoms with Crippen molar-refractivity contribution in [1.29, 1.82) is 0 Å². The molecule has 1 aromatic carbocycles. The summed E-state index contributed by atoms with van der Waals surface area (Å²) in [6, 6.07) is 8.78. The van der Waals surface area contributed by atoms with Gasteiger partial charge in [0.2, 0.25) is 0 Å². The number of benzene rings is 1. The molecule has 0 aliphatic heterocycles. The van der Waals surface area contributed by atoms with Gasteiger partial charge in [0.05, 0.1) is 6.61 Å². The van der Waals surface area contributed by atoms with Gasteiger partial charge in [-0.3, -0.25) is 0 Å². The van der Waals surface area contributed by atoms with Gasteiger partial charge in [-0.05, 0) is 63.5 Å². The molecule has 140 valence electrons. The van der Waals surface area contributed by atoms with Crippen LogP contribution in [-0.4, -0.2) is 23.2 Å². The summed E-state index contributed by atoms with van der Waals surface area (Å²) in [7, 11) is 0. The molecular formula is C23H36OS. The first-order valence-electron chi connectivity index (χ1n) is 9.82. The van der Waals surface area contributed by atoms with Crippen LogP contribution in [0.2, 0.25) is 0 Å². The number of aryl methyl sites for hydroxylation is 1. The van der Waals surface area contributed by atoms with Gasteiger partial charge in [0.25, 0.3) is 0 Å². The molecule has 1 nitrogen and oxygen atoms in total. The second kappa shape index (κ2) is 13.3. The first-order chi connectivity index (χ1) is 12.0. The molecule has 0 amide bonds. The smallest absolute Gasteiger partial charge is 0.0521 e. The van der Waals surface area contributed by atoms with Gasteiger partial charge < -0.3 is 5.11 Å². The molecule has 25 heavy (non-hydrogen) atoms. The van der Waals surface area contributed by atoms with Gasteiger partial charge >= 0.3 is 0 Å². The highest BCUT2D eigenvalue weighted by Gasteiger charge is 2.03. The summed E-state index contributed by atoms with van der Waals surface area (Å²) < 4.78 is 0. The Morgan fingerprint density at radius 1 is 0.840 bits per heavy atom. The van der Waals surface area contributed by atoms with Crippen LogP contribution >= 0.6 is 11.8 Å². The summed E-state index contributed by atoms with van der Waals surface area (Å²) in [4.78, 5) is 0. The third-order valence-electron chi connectivity index (χ3n) is 4.03. The van der Waals surface area contributed by atoms with E-state index in [4.69, 9.17) is 5.11 Å². The minimum Gasteiger partial charge on any atom is -0.396 e. The van der Waals surface area contributed by atoms with Crippen LogP contribution in [0.4, 0.5) is 0 Å². The molecule has 0 radical (unpaired) electrons. The van der Waals surface area contributed by atoms with Crippen LogP contribution in [0.5, 0.6) is 0 Å². The first-order valence-corrected chi connectivity index (χ1v) is 11.0. The molecule has 1 N–H and O–H groups in total. The fourth-order valence-corrected chi connectivity index (χ4v) is 3.34. The van der Waals surface area contributed by atoms with Crippen LogP contribution in [0.1, 0.15) is 76.8 Å². The van der Waals surface area contributed by atoms with Crippen LogP contribution in [0, 0.1) is 17.3 Å². The van der Waals surface area contributed by atoms with Crippen LogP contribution in [-0.2, 0) is 6.42 Å². The molecular weight excluding hydrogens is 324 g/mol. The number of thioether (sulfide) groups is 1. The van der Waals surface area contributed by atoms with Gasteiger partial charge in [-0.2, -0.15) is 11.8 Å². The van der Waals surface area contributed by atoms with E-state index in [-0.39, 0.29) is 5.41 Å². The Hall–Kier alpha value is -0.910. The number of unbranched alkanes of at least 4 members (excludes halogenated alkanes) is 6. The lowest BCUT2D eigenvalue weighted by Gasteiger charge is -2.07. The minimum atomic E-state index is 0.0664. The van der Waals surface area contributed by atoms with Crippen LogP contribution in [0.3, 0.4) is 0 Å². The van der Waals surface area contributed by atoms with Crippen molar-refractivity contribution in [2.24, 2.45) is 5.41 Å². The molecule has 0 spiro atoms. The van der Waals surface area contributed by atoms with Crippen molar-refractivity contribution >= 4 is 11.8 Å². The van der Waals surface area contributed by atoms with E-state index >= 15 is 0 Å². The van der Waals surface area contributed by atoms with Gasteiger partial charge in [0.15, 0.2) is 0 Å². The average molecular weight is 361 g/mol. The summed E-state index contributed by atoms with van der Waals surface area (Å²) in [5, 5.41) is 8.71. The predicted octanol–water partition coefficient (Wildman–Crippen LogP) is 6.08. The van der Waals surface area contributed by atoms with E-state index in [1.807, 2.05) is 11.8 Å². The third-order valence-corrected chi connectivity index (χ3v) is 5.07. The van der Waals surface area contributed by atoms with E-state index in [1.54, 1.807) is 0 Å². The Bertz CT molecular complexity index is 502. The summed E-state index contributed by atoms with van der Waals surface area (Å²) in [5.74, 6) is 8.64. The Morgan fingerprint density at radius 3 is 2.04 bits per heavy atom. The summed E-state index contributed by atoms with van der Waals surface area (Å²) in [6.45, 7) is 6.75. The highest BCUT2D eigenvalue weighted by atomic mass is 32.2. The molecule has 0 heterocycles. The molecule has 0 fully saturated rings. The third kappa shape index (κ3) is 13.0. The molecule has 2 heteroatoms. The van der Waals surface area contributed by atoms with Crippen LogP contribution in [0.25, 0.3) is 0 Å². The molecule has 1 rings (SSSR count). The fourth-order valence-electron chi connectivity index (χ4n) is 2.60. The zero-order valence-electron chi connectivity index (χ0n) is 16.4. The maximum atomic E-state index is 8.71. The fraction of sp³-hybridized carbons (Fsp3) is 0.652. The van der Waals surface area contributed by atoms with E-state index in [9.17, 15) is 0 Å². The van der Waals surface area contributed by atoms with Crippen molar-refractivity contribution in [2.45, 2.75) is 72.1 Å². The molecule has 0 saturated heterocycles. The number of aliphatic hydroxyl groups is 1. The second-order valence-electron chi connectivity index (χ2n) is 7.76. The highest BCUT2D eigenvalue weighted by molar-refractivity contribution is 7.99.